The number of amides is 3. The van der Waals surface area contributed by atoms with Crippen molar-refractivity contribution >= 4 is 40.9 Å². The highest BCUT2D eigenvalue weighted by Crippen LogP contribution is 2.47. The molecule has 0 unspecified atom stereocenters. The zero-order valence-electron chi connectivity index (χ0n) is 21.6. The van der Waals surface area contributed by atoms with Crippen LogP contribution in [0.2, 0.25) is 10.0 Å². The first-order valence-corrected chi connectivity index (χ1v) is 13.9. The van der Waals surface area contributed by atoms with Crippen LogP contribution in [0.4, 0.5) is 0 Å². The van der Waals surface area contributed by atoms with Crippen molar-refractivity contribution in [3.05, 3.63) is 105 Å². The number of aliphatic hydroxyl groups excluding tert-OH is 1. The molecule has 4 atom stereocenters. The Bertz CT molecular complexity index is 1430. The minimum absolute atomic E-state index is 0.0372. The van der Waals surface area contributed by atoms with E-state index in [1.165, 1.54) is 0 Å². The first-order valence-electron chi connectivity index (χ1n) is 13.1. The van der Waals surface area contributed by atoms with Crippen LogP contribution in [-0.2, 0) is 16.2 Å². The summed E-state index contributed by atoms with van der Waals surface area (Å²) in [6, 6.07) is 17.2. The molecule has 1 fully saturated rings. The Morgan fingerprint density at radius 2 is 1.73 bits per heavy atom. The highest BCUT2D eigenvalue weighted by Gasteiger charge is 2.49. The molecule has 0 bridgehead atoms. The molecule has 2 aliphatic rings. The highest BCUT2D eigenvalue weighted by atomic mass is 35.5. The van der Waals surface area contributed by atoms with Gasteiger partial charge in [-0.1, -0.05) is 72.4 Å². The molecule has 8 nitrogen and oxygen atoms in total. The molecule has 0 saturated heterocycles. The molecule has 1 saturated carbocycles. The third-order valence-corrected chi connectivity index (χ3v) is 8.20. The van der Waals surface area contributed by atoms with Gasteiger partial charge in [0, 0.05) is 21.2 Å². The number of carbonyl (C=O) groups excluding carboxylic acids is 3. The molecule has 1 aliphatic heterocycles. The Hall–Kier alpha value is -3.43. The molecule has 5 rings (SSSR count). The number of primary amides is 1. The van der Waals surface area contributed by atoms with E-state index in [0.717, 1.165) is 12.8 Å². The van der Waals surface area contributed by atoms with Gasteiger partial charge >= 0.3 is 0 Å². The number of nitrogens with one attached hydrogen (secondary N) is 1. The molecule has 0 spiro atoms. The first-order chi connectivity index (χ1) is 19.3. The molecule has 40 heavy (non-hydrogen) atoms. The van der Waals surface area contributed by atoms with Gasteiger partial charge in [-0.3, -0.25) is 19.2 Å². The number of hydrogen-bond acceptors (Lipinski definition) is 5. The SMILES string of the molecule is NC(=O)c1ccc(CONC(=O)[C@@H]2c3ccccc3C(=O)N([C@H]3CCCC[C@@H]3O)[C@H]2c2ccc(Cl)cc2Cl)cc1. The maximum absolute atomic E-state index is 14.0. The fourth-order valence-corrected chi connectivity index (χ4v) is 6.23. The van der Waals surface area contributed by atoms with Gasteiger partial charge in [-0.05, 0) is 59.9 Å². The minimum Gasteiger partial charge on any atom is -0.391 e. The van der Waals surface area contributed by atoms with Gasteiger partial charge in [-0.2, -0.15) is 0 Å². The molecule has 1 aliphatic carbocycles. The second kappa shape index (κ2) is 12.0. The van der Waals surface area contributed by atoms with E-state index in [4.69, 9.17) is 33.8 Å². The van der Waals surface area contributed by atoms with Gasteiger partial charge in [0.2, 0.25) is 5.91 Å². The Balaban J connectivity index is 1.51. The largest absolute Gasteiger partial charge is 0.391 e. The summed E-state index contributed by atoms with van der Waals surface area (Å²) in [6.07, 6.45) is 2.14. The van der Waals surface area contributed by atoms with Crippen LogP contribution in [0.25, 0.3) is 0 Å². The Morgan fingerprint density at radius 1 is 1.00 bits per heavy atom. The predicted molar refractivity (Wildman–Crippen MR) is 151 cm³/mol. The summed E-state index contributed by atoms with van der Waals surface area (Å²) in [5.41, 5.74) is 10.4. The number of nitrogens with zero attached hydrogens (tertiary/aromatic N) is 1. The quantitative estimate of drug-likeness (QED) is 0.342. The lowest BCUT2D eigenvalue weighted by atomic mass is 9.77. The van der Waals surface area contributed by atoms with E-state index < -0.39 is 35.9 Å². The summed E-state index contributed by atoms with van der Waals surface area (Å²) in [7, 11) is 0. The van der Waals surface area contributed by atoms with E-state index in [0.29, 0.717) is 50.7 Å². The Kier molecular flexibility index (Phi) is 8.42. The number of benzene rings is 3. The minimum atomic E-state index is -0.890. The number of hydroxylamine groups is 1. The molecule has 4 N–H and O–H groups in total. The molecule has 208 valence electrons. The summed E-state index contributed by atoms with van der Waals surface area (Å²) in [5, 5.41) is 11.7. The van der Waals surface area contributed by atoms with Crippen LogP contribution in [0, 0.1) is 0 Å². The van der Waals surface area contributed by atoms with Crippen molar-refractivity contribution in [3.8, 4) is 0 Å². The third-order valence-electron chi connectivity index (χ3n) is 7.64. The second-order valence-corrected chi connectivity index (χ2v) is 11.0. The number of nitrogens with two attached hydrogens (primary N) is 1. The molecule has 10 heteroatoms. The van der Waals surface area contributed by atoms with Crippen LogP contribution in [0.5, 0.6) is 0 Å². The number of carbonyl (C=O) groups is 3. The molecule has 3 aromatic rings. The lowest BCUT2D eigenvalue weighted by Crippen LogP contribution is -2.55. The number of fused-ring (bicyclic) bond motifs is 1. The van der Waals surface area contributed by atoms with E-state index >= 15 is 0 Å². The first kappa shape index (κ1) is 28.1. The van der Waals surface area contributed by atoms with Gasteiger partial charge in [0.05, 0.1) is 30.7 Å². The van der Waals surface area contributed by atoms with Crippen LogP contribution < -0.4 is 11.2 Å². The van der Waals surface area contributed by atoms with Crippen LogP contribution in [-0.4, -0.2) is 39.9 Å². The maximum atomic E-state index is 14.0. The summed E-state index contributed by atoms with van der Waals surface area (Å²) in [6.45, 7) is 0.0372. The Labute approximate surface area is 242 Å². The monoisotopic (exact) mass is 581 g/mol. The van der Waals surface area contributed by atoms with Crippen LogP contribution >= 0.6 is 23.2 Å². The van der Waals surface area contributed by atoms with Gasteiger partial charge < -0.3 is 15.7 Å². The molecular formula is C30H29Cl2N3O5. The van der Waals surface area contributed by atoms with Crippen molar-refractivity contribution in [2.45, 2.75) is 56.4 Å². The van der Waals surface area contributed by atoms with Crippen LogP contribution in [0.15, 0.2) is 66.7 Å². The van der Waals surface area contributed by atoms with E-state index in [2.05, 4.69) is 5.48 Å². The van der Waals surface area contributed by atoms with Crippen molar-refractivity contribution in [1.29, 1.82) is 0 Å². The van der Waals surface area contributed by atoms with Gasteiger partial charge in [-0.15, -0.1) is 0 Å². The third kappa shape index (κ3) is 5.58. The zero-order chi connectivity index (χ0) is 28.4. The number of rotatable bonds is 7. The second-order valence-electron chi connectivity index (χ2n) is 10.1. The summed E-state index contributed by atoms with van der Waals surface area (Å²) in [4.78, 5) is 46.5. The topological polar surface area (TPSA) is 122 Å². The van der Waals surface area contributed by atoms with Crippen molar-refractivity contribution in [3.63, 3.8) is 0 Å². The summed E-state index contributed by atoms with van der Waals surface area (Å²) >= 11 is 12.9. The van der Waals surface area contributed by atoms with E-state index in [1.807, 2.05) is 0 Å². The lowest BCUT2D eigenvalue weighted by molar-refractivity contribution is -0.138. The van der Waals surface area contributed by atoms with Crippen molar-refractivity contribution in [2.75, 3.05) is 0 Å². The molecule has 0 radical (unpaired) electrons. The summed E-state index contributed by atoms with van der Waals surface area (Å²) in [5.74, 6) is -2.16. The molecular weight excluding hydrogens is 553 g/mol. The molecule has 0 aromatic heterocycles. The maximum Gasteiger partial charge on any atom is 0.255 e. The van der Waals surface area contributed by atoms with Crippen LogP contribution in [0.3, 0.4) is 0 Å². The fraction of sp³-hybridized carbons (Fsp3) is 0.300. The van der Waals surface area contributed by atoms with Gasteiger partial charge in [0.15, 0.2) is 0 Å². The van der Waals surface area contributed by atoms with Gasteiger partial charge in [0.1, 0.15) is 0 Å². The van der Waals surface area contributed by atoms with Crippen molar-refractivity contribution < 1.29 is 24.3 Å². The van der Waals surface area contributed by atoms with Gasteiger partial charge in [0.25, 0.3) is 11.8 Å². The average Bonchev–Trinajstić information content (AvgIpc) is 2.94. The van der Waals surface area contributed by atoms with E-state index in [1.54, 1.807) is 71.6 Å². The lowest BCUT2D eigenvalue weighted by Gasteiger charge is -2.48. The normalized spacial score (nSPS) is 22.5. The van der Waals surface area contributed by atoms with Crippen molar-refractivity contribution in [2.24, 2.45) is 5.73 Å². The average molecular weight is 582 g/mol. The number of hydrogen-bond donors (Lipinski definition) is 3. The smallest absolute Gasteiger partial charge is 0.255 e. The number of halogens is 2. The standard InChI is InChI=1S/C30H29Cl2N3O5/c31-19-13-14-22(23(32)15-19)27-26(29(38)34-40-16-17-9-11-18(12-10-17)28(33)37)20-5-1-2-6-21(20)30(39)35(27)24-7-3-4-8-25(24)36/h1-2,5-6,9-15,24-27,36H,3-4,7-8,16H2,(H2,33,37)(H,34,38)/t24-,25-,26+,27-/m0/s1. The zero-order valence-corrected chi connectivity index (χ0v) is 23.1. The molecule has 3 aromatic carbocycles. The van der Waals surface area contributed by atoms with Gasteiger partial charge in [-0.25, -0.2) is 5.48 Å². The molecule has 1 heterocycles. The van der Waals surface area contributed by atoms with Crippen LogP contribution in [0.1, 0.15) is 75.0 Å². The Morgan fingerprint density at radius 3 is 2.42 bits per heavy atom. The fourth-order valence-electron chi connectivity index (χ4n) is 5.71. The number of aliphatic hydroxyl groups is 1. The summed E-state index contributed by atoms with van der Waals surface area (Å²) < 4.78 is 0. The van der Waals surface area contributed by atoms with Crippen molar-refractivity contribution in [1.82, 2.24) is 10.4 Å². The highest BCUT2D eigenvalue weighted by molar-refractivity contribution is 6.35. The predicted octanol–water partition coefficient (Wildman–Crippen LogP) is 4.92. The van der Waals surface area contributed by atoms with E-state index in [9.17, 15) is 19.5 Å². The molecule has 3 amide bonds. The van der Waals surface area contributed by atoms with E-state index in [-0.39, 0.29) is 12.5 Å².